The maximum atomic E-state index is 11.9. The third-order valence-electron chi connectivity index (χ3n) is 2.80. The minimum Gasteiger partial charge on any atom is -0.484 e. The molecular formula is C15H14ClNO4S. The smallest absolute Gasteiger partial charge is 0.338 e. The van der Waals surface area contributed by atoms with Gasteiger partial charge in [0.25, 0.3) is 5.91 Å². The van der Waals surface area contributed by atoms with E-state index in [0.29, 0.717) is 22.2 Å². The van der Waals surface area contributed by atoms with Gasteiger partial charge in [-0.15, -0.1) is 11.3 Å². The van der Waals surface area contributed by atoms with E-state index in [9.17, 15) is 9.59 Å². The lowest BCUT2D eigenvalue weighted by molar-refractivity contribution is -0.118. The number of ether oxygens (including phenoxy) is 1. The molecule has 0 spiro atoms. The van der Waals surface area contributed by atoms with Gasteiger partial charge in [-0.3, -0.25) is 4.79 Å². The summed E-state index contributed by atoms with van der Waals surface area (Å²) >= 11 is 7.01. The fraction of sp³-hybridized carbons (Fsp3) is 0.200. The van der Waals surface area contributed by atoms with Crippen LogP contribution in [0.5, 0.6) is 5.75 Å². The number of thiophene rings is 1. The van der Waals surface area contributed by atoms with E-state index < -0.39 is 11.9 Å². The van der Waals surface area contributed by atoms with Gasteiger partial charge in [-0.25, -0.2) is 4.79 Å². The van der Waals surface area contributed by atoms with Crippen LogP contribution in [0.25, 0.3) is 0 Å². The average Bonchev–Trinajstić information content (AvgIpc) is 2.90. The Labute approximate surface area is 136 Å². The van der Waals surface area contributed by atoms with Gasteiger partial charge in [0.1, 0.15) is 10.8 Å². The predicted octanol–water partition coefficient (Wildman–Crippen LogP) is 3.68. The molecule has 2 N–H and O–H groups in total. The van der Waals surface area contributed by atoms with Gasteiger partial charge in [-0.2, -0.15) is 0 Å². The van der Waals surface area contributed by atoms with Crippen molar-refractivity contribution in [2.45, 2.75) is 13.3 Å². The molecule has 2 aromatic rings. The van der Waals surface area contributed by atoms with Crippen LogP contribution in [0, 0.1) is 0 Å². The van der Waals surface area contributed by atoms with E-state index >= 15 is 0 Å². The predicted molar refractivity (Wildman–Crippen MR) is 86.2 cm³/mol. The zero-order chi connectivity index (χ0) is 16.1. The molecule has 5 nitrogen and oxygen atoms in total. The number of aryl methyl sites for hydroxylation is 1. The second-order valence-corrected chi connectivity index (χ2v) is 5.98. The molecule has 0 bridgehead atoms. The number of hydrogen-bond acceptors (Lipinski definition) is 4. The van der Waals surface area contributed by atoms with Gasteiger partial charge in [0.05, 0.1) is 5.56 Å². The Morgan fingerprint density at radius 1 is 1.32 bits per heavy atom. The SMILES string of the molecule is CCc1cc(C(=O)O)c(NC(=O)COc2ccc(Cl)cc2)s1. The Kier molecular flexibility index (Phi) is 5.41. The molecule has 0 aliphatic rings. The van der Waals surface area contributed by atoms with Gasteiger partial charge in [-0.1, -0.05) is 18.5 Å². The third-order valence-corrected chi connectivity index (χ3v) is 4.25. The van der Waals surface area contributed by atoms with Crippen molar-refractivity contribution in [1.82, 2.24) is 0 Å². The summed E-state index contributed by atoms with van der Waals surface area (Å²) in [5.74, 6) is -0.967. The second kappa shape index (κ2) is 7.29. The first-order chi connectivity index (χ1) is 10.5. The van der Waals surface area contributed by atoms with Gasteiger partial charge in [-0.05, 0) is 36.8 Å². The number of rotatable bonds is 6. The van der Waals surface area contributed by atoms with E-state index in [-0.39, 0.29) is 12.2 Å². The number of carbonyl (C=O) groups excluding carboxylic acids is 1. The number of aromatic carboxylic acids is 1. The molecule has 0 atom stereocenters. The van der Waals surface area contributed by atoms with Gasteiger partial charge in [0.2, 0.25) is 0 Å². The normalized spacial score (nSPS) is 10.3. The van der Waals surface area contributed by atoms with Crippen LogP contribution < -0.4 is 10.1 Å². The van der Waals surface area contributed by atoms with Crippen LogP contribution in [0.4, 0.5) is 5.00 Å². The molecule has 0 saturated carbocycles. The maximum absolute atomic E-state index is 11.9. The molecule has 2 rings (SSSR count). The van der Waals surface area contributed by atoms with Crippen LogP contribution >= 0.6 is 22.9 Å². The Morgan fingerprint density at radius 3 is 2.59 bits per heavy atom. The van der Waals surface area contributed by atoms with E-state index in [1.807, 2.05) is 6.92 Å². The zero-order valence-corrected chi connectivity index (χ0v) is 13.3. The third kappa shape index (κ3) is 4.22. The van der Waals surface area contributed by atoms with Gasteiger partial charge in [0, 0.05) is 9.90 Å². The molecule has 1 heterocycles. The number of carbonyl (C=O) groups is 2. The molecule has 0 fully saturated rings. The Morgan fingerprint density at radius 2 is 2.00 bits per heavy atom. The van der Waals surface area contributed by atoms with Crippen molar-refractivity contribution in [2.24, 2.45) is 0 Å². The largest absolute Gasteiger partial charge is 0.484 e. The highest BCUT2D eigenvalue weighted by Crippen LogP contribution is 2.28. The van der Waals surface area contributed by atoms with Gasteiger partial charge in [0.15, 0.2) is 6.61 Å². The van der Waals surface area contributed by atoms with Crippen LogP contribution in [-0.2, 0) is 11.2 Å². The molecule has 116 valence electrons. The van der Waals surface area contributed by atoms with Crippen molar-refractivity contribution < 1.29 is 19.4 Å². The number of hydrogen-bond donors (Lipinski definition) is 2. The van der Waals surface area contributed by atoms with E-state index in [0.717, 1.165) is 4.88 Å². The summed E-state index contributed by atoms with van der Waals surface area (Å²) in [5.41, 5.74) is 0.0988. The molecule has 0 aliphatic carbocycles. The summed E-state index contributed by atoms with van der Waals surface area (Å²) in [7, 11) is 0. The van der Waals surface area contributed by atoms with Crippen molar-refractivity contribution in [3.8, 4) is 5.75 Å². The summed E-state index contributed by atoms with van der Waals surface area (Å²) in [6, 6.07) is 8.19. The van der Waals surface area contributed by atoms with Crippen molar-refractivity contribution in [3.05, 3.63) is 45.8 Å². The number of amides is 1. The highest BCUT2D eigenvalue weighted by molar-refractivity contribution is 7.16. The van der Waals surface area contributed by atoms with Crippen molar-refractivity contribution in [2.75, 3.05) is 11.9 Å². The lowest BCUT2D eigenvalue weighted by Crippen LogP contribution is -2.20. The van der Waals surface area contributed by atoms with E-state index in [4.69, 9.17) is 21.4 Å². The summed E-state index contributed by atoms with van der Waals surface area (Å²) in [5, 5.41) is 12.6. The molecule has 0 radical (unpaired) electrons. The number of halogens is 1. The highest BCUT2D eigenvalue weighted by Gasteiger charge is 2.16. The lowest BCUT2D eigenvalue weighted by atomic mass is 10.2. The summed E-state index contributed by atoms with van der Waals surface area (Å²) < 4.78 is 5.31. The van der Waals surface area contributed by atoms with Crippen molar-refractivity contribution >= 4 is 39.8 Å². The van der Waals surface area contributed by atoms with E-state index in [1.54, 1.807) is 30.3 Å². The standard InChI is InChI=1S/C15H14ClNO4S/c1-2-11-7-12(15(19)20)14(22-11)17-13(18)8-21-10-5-3-9(16)4-6-10/h3-7H,2,8H2,1H3,(H,17,18)(H,19,20). The molecule has 0 saturated heterocycles. The summed E-state index contributed by atoms with van der Waals surface area (Å²) in [4.78, 5) is 23.9. The van der Waals surface area contributed by atoms with Gasteiger partial charge >= 0.3 is 5.97 Å². The molecule has 0 unspecified atom stereocenters. The Bertz CT molecular complexity index is 681. The second-order valence-electron chi connectivity index (χ2n) is 4.40. The van der Waals surface area contributed by atoms with Crippen LogP contribution in [-0.4, -0.2) is 23.6 Å². The molecule has 22 heavy (non-hydrogen) atoms. The van der Waals surface area contributed by atoms with Crippen molar-refractivity contribution in [3.63, 3.8) is 0 Å². The number of anilines is 1. The molecular weight excluding hydrogens is 326 g/mol. The quantitative estimate of drug-likeness (QED) is 0.841. The molecule has 0 aliphatic heterocycles. The number of carboxylic acids is 1. The van der Waals surface area contributed by atoms with Crippen LogP contribution in [0.2, 0.25) is 5.02 Å². The first-order valence-electron chi connectivity index (χ1n) is 6.53. The molecule has 1 aromatic heterocycles. The lowest BCUT2D eigenvalue weighted by Gasteiger charge is -2.07. The van der Waals surface area contributed by atoms with E-state index in [2.05, 4.69) is 5.32 Å². The highest BCUT2D eigenvalue weighted by atomic mass is 35.5. The molecule has 7 heteroatoms. The molecule has 1 amide bonds. The first-order valence-corrected chi connectivity index (χ1v) is 7.73. The summed E-state index contributed by atoms with van der Waals surface area (Å²) in [6.45, 7) is 1.72. The average molecular weight is 340 g/mol. The Hall–Kier alpha value is -2.05. The Balaban J connectivity index is 1.98. The zero-order valence-electron chi connectivity index (χ0n) is 11.8. The number of nitrogens with one attached hydrogen (secondary N) is 1. The fourth-order valence-corrected chi connectivity index (χ4v) is 2.84. The first kappa shape index (κ1) is 16.3. The monoisotopic (exact) mass is 339 g/mol. The number of carboxylic acid groups (broad SMARTS) is 1. The van der Waals surface area contributed by atoms with Crippen molar-refractivity contribution in [1.29, 1.82) is 0 Å². The van der Waals surface area contributed by atoms with Gasteiger partial charge < -0.3 is 15.2 Å². The van der Waals surface area contributed by atoms with E-state index in [1.165, 1.54) is 11.3 Å². The number of benzene rings is 1. The fourth-order valence-electron chi connectivity index (χ4n) is 1.71. The van der Waals surface area contributed by atoms with Crippen LogP contribution in [0.15, 0.2) is 30.3 Å². The topological polar surface area (TPSA) is 75.6 Å². The minimum atomic E-state index is -1.06. The maximum Gasteiger partial charge on any atom is 0.338 e. The van der Waals surface area contributed by atoms with Crippen LogP contribution in [0.1, 0.15) is 22.2 Å². The van der Waals surface area contributed by atoms with Crippen LogP contribution in [0.3, 0.4) is 0 Å². The summed E-state index contributed by atoms with van der Waals surface area (Å²) in [6.07, 6.45) is 0.710. The molecule has 1 aromatic carbocycles. The minimum absolute atomic E-state index is 0.0988.